The first-order chi connectivity index (χ1) is 20.8. The summed E-state index contributed by atoms with van der Waals surface area (Å²) in [7, 11) is 0. The molecule has 0 heterocycles. The Kier molecular flexibility index (Phi) is 21.4. The van der Waals surface area contributed by atoms with Gasteiger partial charge in [-0.1, -0.05) is 114 Å². The van der Waals surface area contributed by atoms with E-state index >= 15 is 0 Å². The maximum Gasteiger partial charge on any atom is 0.416 e. The highest BCUT2D eigenvalue weighted by atomic mass is 79.9. The Morgan fingerprint density at radius 3 is 1.61 bits per heavy atom. The second-order valence-electron chi connectivity index (χ2n) is 8.48. The van der Waals surface area contributed by atoms with Crippen LogP contribution < -0.4 is 0 Å². The van der Waals surface area contributed by atoms with Crippen LogP contribution in [-0.4, -0.2) is 5.78 Å². The third kappa shape index (κ3) is 14.3. The predicted octanol–water partition coefficient (Wildman–Crippen LogP) is 13.4. The largest absolute Gasteiger partial charge is 0.416 e. The summed E-state index contributed by atoms with van der Waals surface area (Å²) in [5, 5.41) is 0. The third-order valence-electron chi connectivity index (χ3n) is 5.73. The molecule has 1 aliphatic carbocycles. The molecule has 0 aromatic heterocycles. The first-order valence-electron chi connectivity index (χ1n) is 15.2. The van der Waals surface area contributed by atoms with Crippen LogP contribution >= 0.6 is 15.9 Å². The first-order valence-corrected chi connectivity index (χ1v) is 16.0. The van der Waals surface area contributed by atoms with Crippen molar-refractivity contribution in [3.8, 4) is 0 Å². The fourth-order valence-corrected chi connectivity index (χ4v) is 4.09. The molecule has 8 heteroatoms. The summed E-state index contributed by atoms with van der Waals surface area (Å²) in [4.78, 5) is 12.6. The Bertz CT molecular complexity index is 1240. The fraction of sp³-hybridized carbons (Fsp3) is 0.417. The number of halogens is 7. The third-order valence-corrected chi connectivity index (χ3v) is 6.26. The van der Waals surface area contributed by atoms with Gasteiger partial charge in [0.1, 0.15) is 0 Å². The van der Waals surface area contributed by atoms with Crippen molar-refractivity contribution in [2.24, 2.45) is 0 Å². The van der Waals surface area contributed by atoms with Crippen LogP contribution in [0.3, 0.4) is 0 Å². The monoisotopic (exact) mass is 688 g/mol. The molecule has 0 bridgehead atoms. The molecule has 0 unspecified atom stereocenters. The maximum absolute atomic E-state index is 13.0. The number of carbonyl (C=O) groups excluding carboxylic acids is 1. The zero-order valence-electron chi connectivity index (χ0n) is 27.5. The second-order valence-corrected chi connectivity index (χ2v) is 9.39. The van der Waals surface area contributed by atoms with Crippen LogP contribution in [0, 0.1) is 6.92 Å². The molecule has 3 aromatic carbocycles. The lowest BCUT2D eigenvalue weighted by molar-refractivity contribution is -0.143. The summed E-state index contributed by atoms with van der Waals surface area (Å²) in [6.45, 7) is 20.0. The van der Waals surface area contributed by atoms with E-state index in [0.29, 0.717) is 24.1 Å². The molecule has 3 aromatic rings. The molecule has 0 saturated carbocycles. The van der Waals surface area contributed by atoms with Gasteiger partial charge < -0.3 is 0 Å². The van der Waals surface area contributed by atoms with Crippen molar-refractivity contribution in [1.29, 1.82) is 0 Å². The molecule has 0 saturated heterocycles. The van der Waals surface area contributed by atoms with Crippen LogP contribution in [0.25, 0.3) is 6.08 Å². The summed E-state index contributed by atoms with van der Waals surface area (Å²) in [5.41, 5.74) is 0.722. The number of rotatable bonds is 2. The minimum Gasteiger partial charge on any atom is -0.289 e. The zero-order chi connectivity index (χ0) is 34.7. The van der Waals surface area contributed by atoms with Gasteiger partial charge in [0.05, 0.1) is 11.1 Å². The first kappa shape index (κ1) is 43.3. The summed E-state index contributed by atoms with van der Waals surface area (Å²) in [5.74, 6) is -0.373. The molecule has 44 heavy (non-hydrogen) atoms. The van der Waals surface area contributed by atoms with Gasteiger partial charge in [-0.15, -0.1) is 0 Å². The summed E-state index contributed by atoms with van der Waals surface area (Å²) in [6, 6.07) is 14.9. The Morgan fingerprint density at radius 1 is 0.705 bits per heavy atom. The Balaban J connectivity index is 0. The molecule has 0 radical (unpaired) electrons. The van der Waals surface area contributed by atoms with Gasteiger partial charge in [0, 0.05) is 15.6 Å². The highest BCUT2D eigenvalue weighted by Gasteiger charge is 2.37. The number of fused-ring (bicyclic) bond motifs is 1. The van der Waals surface area contributed by atoms with E-state index in [0.717, 1.165) is 28.1 Å². The number of aryl methyl sites for hydroxylation is 3. The standard InChI is InChI=1S/C20H14F6O.C8H9Br.4C2H6/c1-11-2-5-17-13(6-11)3-4-14(18(17)27)7-12-8-15(19(21,22)23)10-16(9-12)20(24,25)26;1-2-7-3-5-8(9)6-4-7;4*1-2/h2,5-10H,3-4H2,1H3;3-6H,2H2,1H3;4*1-2H3/b14-7+;;;;;. The van der Waals surface area contributed by atoms with Gasteiger partial charge in [-0.25, -0.2) is 0 Å². The quantitative estimate of drug-likeness (QED) is 0.193. The number of alkyl halides is 6. The molecule has 1 aliphatic rings. The molecule has 246 valence electrons. The normalized spacial score (nSPS) is 12.7. The maximum atomic E-state index is 13.0. The minimum absolute atomic E-state index is 0.0722. The van der Waals surface area contributed by atoms with Crippen molar-refractivity contribution in [2.45, 2.75) is 101 Å². The topological polar surface area (TPSA) is 17.1 Å². The summed E-state index contributed by atoms with van der Waals surface area (Å²) >= 11 is 3.37. The van der Waals surface area contributed by atoms with Crippen molar-refractivity contribution < 1.29 is 31.1 Å². The molecule has 0 atom stereocenters. The molecule has 0 N–H and O–H groups in total. The number of ketones is 1. The predicted molar refractivity (Wildman–Crippen MR) is 177 cm³/mol. The van der Waals surface area contributed by atoms with Gasteiger partial charge in [0.2, 0.25) is 0 Å². The second kappa shape index (κ2) is 21.8. The van der Waals surface area contributed by atoms with Gasteiger partial charge >= 0.3 is 12.4 Å². The molecule has 4 rings (SSSR count). The van der Waals surface area contributed by atoms with Crippen molar-refractivity contribution in [2.75, 3.05) is 0 Å². The van der Waals surface area contributed by atoms with Gasteiger partial charge in [0.15, 0.2) is 5.78 Å². The van der Waals surface area contributed by atoms with E-state index in [4.69, 9.17) is 0 Å². The van der Waals surface area contributed by atoms with E-state index in [1.165, 1.54) is 5.56 Å². The number of hydrogen-bond donors (Lipinski definition) is 0. The average Bonchev–Trinajstić information content (AvgIpc) is 3.02. The van der Waals surface area contributed by atoms with Gasteiger partial charge in [-0.05, 0) is 79.3 Å². The zero-order valence-corrected chi connectivity index (χ0v) is 29.1. The lowest BCUT2D eigenvalue weighted by atomic mass is 9.85. The van der Waals surface area contributed by atoms with E-state index in [9.17, 15) is 31.1 Å². The Labute approximate surface area is 268 Å². The number of carbonyl (C=O) groups is 1. The van der Waals surface area contributed by atoms with Crippen molar-refractivity contribution in [3.05, 3.63) is 110 Å². The van der Waals surface area contributed by atoms with Crippen LogP contribution in [0.2, 0.25) is 0 Å². The number of Topliss-reactive ketones (excluding diaryl/α,β-unsaturated/α-hetero) is 1. The van der Waals surface area contributed by atoms with Crippen molar-refractivity contribution in [3.63, 3.8) is 0 Å². The molecular weight excluding hydrogens is 642 g/mol. The summed E-state index contributed by atoms with van der Waals surface area (Å²) < 4.78 is 79.0. The van der Waals surface area contributed by atoms with Crippen LogP contribution in [0.4, 0.5) is 26.3 Å². The molecule has 0 fully saturated rings. The van der Waals surface area contributed by atoms with E-state index in [2.05, 4.69) is 47.1 Å². The molecule has 0 amide bonds. The van der Waals surface area contributed by atoms with E-state index in [1.54, 1.807) is 12.1 Å². The number of hydrogen-bond acceptors (Lipinski definition) is 1. The van der Waals surface area contributed by atoms with Gasteiger partial charge in [-0.2, -0.15) is 26.3 Å². The van der Waals surface area contributed by atoms with Crippen molar-refractivity contribution >= 4 is 27.8 Å². The van der Waals surface area contributed by atoms with E-state index in [1.807, 2.05) is 68.4 Å². The van der Waals surface area contributed by atoms with E-state index < -0.39 is 23.5 Å². The number of allylic oxidation sites excluding steroid dienone is 1. The van der Waals surface area contributed by atoms with Crippen molar-refractivity contribution in [1.82, 2.24) is 0 Å². The lowest BCUT2D eigenvalue weighted by Crippen LogP contribution is -2.15. The Morgan fingerprint density at radius 2 is 1.18 bits per heavy atom. The molecule has 0 aliphatic heterocycles. The SMILES string of the molecule is CC.CC.CC.CC.CCc1ccc(Br)cc1.Cc1ccc2c(c1)CC/C(=C\c1cc(C(F)(F)F)cc(C(F)(F)F)c1)C2=O. The smallest absolute Gasteiger partial charge is 0.289 e. The Hall–Kier alpha value is -2.87. The highest BCUT2D eigenvalue weighted by molar-refractivity contribution is 9.10. The average molecular weight is 690 g/mol. The van der Waals surface area contributed by atoms with E-state index in [-0.39, 0.29) is 29.4 Å². The van der Waals surface area contributed by atoms with Crippen LogP contribution in [0.1, 0.15) is 112 Å². The van der Waals surface area contributed by atoms with Crippen LogP contribution in [-0.2, 0) is 25.2 Å². The molecule has 1 nitrogen and oxygen atoms in total. The highest BCUT2D eigenvalue weighted by Crippen LogP contribution is 2.37. The fourth-order valence-electron chi connectivity index (χ4n) is 3.83. The molecular formula is C36H47BrF6O. The minimum atomic E-state index is -4.92. The lowest BCUT2D eigenvalue weighted by Gasteiger charge is -2.18. The number of benzene rings is 3. The van der Waals surface area contributed by atoms with Crippen LogP contribution in [0.5, 0.6) is 0 Å². The van der Waals surface area contributed by atoms with Gasteiger partial charge in [0.25, 0.3) is 0 Å². The van der Waals surface area contributed by atoms with Gasteiger partial charge in [-0.3, -0.25) is 4.79 Å². The summed E-state index contributed by atoms with van der Waals surface area (Å²) in [6.07, 6.45) is -6.85. The van der Waals surface area contributed by atoms with Crippen LogP contribution in [0.15, 0.2) is 70.7 Å². The molecule has 0 spiro atoms.